The molecule has 1 atom stereocenters. The van der Waals surface area contributed by atoms with Crippen molar-refractivity contribution in [3.63, 3.8) is 0 Å². The molecule has 3 aromatic heterocycles. The number of nitrogens with zero attached hydrogens (tertiary/aromatic N) is 6. The molecule has 1 saturated heterocycles. The van der Waals surface area contributed by atoms with Crippen LogP contribution in [-0.2, 0) is 4.79 Å². The van der Waals surface area contributed by atoms with Gasteiger partial charge in [0.2, 0.25) is 5.91 Å². The minimum Gasteiger partial charge on any atom is -0.496 e. The third-order valence-corrected chi connectivity index (χ3v) is 6.31. The van der Waals surface area contributed by atoms with Crippen LogP contribution in [0.2, 0.25) is 0 Å². The molecule has 1 fully saturated rings. The van der Waals surface area contributed by atoms with E-state index >= 15 is 0 Å². The molecule has 0 unspecified atom stereocenters. The van der Waals surface area contributed by atoms with E-state index in [1.165, 1.54) is 0 Å². The number of hydrogen-bond donors (Lipinski definition) is 1. The monoisotopic (exact) mass is 491 g/mol. The molecule has 4 heterocycles. The molecule has 1 aliphatic rings. The second kappa shape index (κ2) is 10.3. The van der Waals surface area contributed by atoms with Gasteiger partial charge in [0.25, 0.3) is 0 Å². The molecule has 0 spiro atoms. The van der Waals surface area contributed by atoms with Gasteiger partial charge in [0.05, 0.1) is 25.0 Å². The summed E-state index contributed by atoms with van der Waals surface area (Å²) in [4.78, 5) is 26.8. The van der Waals surface area contributed by atoms with E-state index in [-0.39, 0.29) is 31.4 Å². The summed E-state index contributed by atoms with van der Waals surface area (Å²) >= 11 is 0. The van der Waals surface area contributed by atoms with Crippen LogP contribution in [-0.4, -0.2) is 62.3 Å². The second-order valence-corrected chi connectivity index (χ2v) is 8.62. The summed E-state index contributed by atoms with van der Waals surface area (Å²) in [6.45, 7) is 5.79. The lowest BCUT2D eigenvalue weighted by molar-refractivity contribution is -0.134. The van der Waals surface area contributed by atoms with E-state index in [4.69, 9.17) is 4.74 Å². The second-order valence-electron chi connectivity index (χ2n) is 8.62. The van der Waals surface area contributed by atoms with E-state index in [0.717, 1.165) is 39.4 Å². The van der Waals surface area contributed by atoms with Gasteiger partial charge in [-0.3, -0.25) is 4.79 Å². The lowest BCUT2D eigenvalue weighted by Crippen LogP contribution is -2.50. The van der Waals surface area contributed by atoms with E-state index in [1.54, 1.807) is 25.3 Å². The lowest BCUT2D eigenvalue weighted by Gasteiger charge is -2.38. The van der Waals surface area contributed by atoms with Crippen molar-refractivity contribution in [3.05, 3.63) is 60.7 Å². The van der Waals surface area contributed by atoms with Crippen LogP contribution in [0.15, 0.2) is 55.1 Å². The van der Waals surface area contributed by atoms with Gasteiger partial charge in [-0.05, 0) is 17.7 Å². The Morgan fingerprint density at radius 3 is 2.74 bits per heavy atom. The number of pyridine rings is 1. The molecule has 0 radical (unpaired) electrons. The van der Waals surface area contributed by atoms with Crippen LogP contribution in [0.3, 0.4) is 0 Å². The summed E-state index contributed by atoms with van der Waals surface area (Å²) in [5.41, 5.74) is 3.65. The zero-order valence-electron chi connectivity index (χ0n) is 20.0. The minimum absolute atomic E-state index is 0. The summed E-state index contributed by atoms with van der Waals surface area (Å²) in [7, 11) is 1.69. The van der Waals surface area contributed by atoms with Crippen molar-refractivity contribution < 1.29 is 9.53 Å². The summed E-state index contributed by atoms with van der Waals surface area (Å²) in [6.07, 6.45) is 5.19. The Labute approximate surface area is 211 Å². The highest BCUT2D eigenvalue weighted by molar-refractivity contribution is 7.59. The minimum atomic E-state index is 0. The molecule has 1 aromatic carbocycles. The Morgan fingerprint density at radius 2 is 1.97 bits per heavy atom. The molecule has 1 aliphatic heterocycles. The molecule has 1 N–H and O–H groups in total. The van der Waals surface area contributed by atoms with Crippen LogP contribution < -0.4 is 10.1 Å². The average Bonchev–Trinajstić information content (AvgIpc) is 3.24. The number of para-hydroxylation sites is 1. The average molecular weight is 492 g/mol. The van der Waals surface area contributed by atoms with Crippen LogP contribution >= 0.6 is 13.5 Å². The van der Waals surface area contributed by atoms with Gasteiger partial charge in [0.15, 0.2) is 5.65 Å². The number of carbonyl (C=O) groups excluding carboxylic acids is 1. The fourth-order valence-electron chi connectivity index (χ4n) is 4.27. The molecule has 4 aromatic rings. The van der Waals surface area contributed by atoms with Crippen molar-refractivity contribution in [1.82, 2.24) is 29.6 Å². The number of anilines is 1. The molecule has 9 nitrogen and oxygen atoms in total. The number of nitrogens with one attached hydrogen (secondary N) is 1. The van der Waals surface area contributed by atoms with Crippen LogP contribution in [0, 0.1) is 0 Å². The first-order valence-electron chi connectivity index (χ1n) is 11.3. The van der Waals surface area contributed by atoms with Crippen LogP contribution in [0.5, 0.6) is 5.75 Å². The van der Waals surface area contributed by atoms with Crippen molar-refractivity contribution in [3.8, 4) is 17.0 Å². The molecule has 35 heavy (non-hydrogen) atoms. The van der Waals surface area contributed by atoms with Crippen molar-refractivity contribution in [1.29, 1.82) is 0 Å². The number of methoxy groups -OCH3 is 1. The van der Waals surface area contributed by atoms with Gasteiger partial charge < -0.3 is 15.0 Å². The first-order valence-corrected chi connectivity index (χ1v) is 11.3. The molecule has 10 heteroatoms. The van der Waals surface area contributed by atoms with E-state index < -0.39 is 0 Å². The Morgan fingerprint density at radius 1 is 1.17 bits per heavy atom. The highest BCUT2D eigenvalue weighted by Gasteiger charge is 2.31. The number of carbonyl (C=O) groups is 1. The van der Waals surface area contributed by atoms with Gasteiger partial charge in [-0.15, -0.1) is 0 Å². The van der Waals surface area contributed by atoms with Crippen molar-refractivity contribution in [2.75, 3.05) is 32.1 Å². The fourth-order valence-corrected chi connectivity index (χ4v) is 4.27. The Balaban J connectivity index is 0.00000289. The van der Waals surface area contributed by atoms with Crippen molar-refractivity contribution in [2.24, 2.45) is 0 Å². The molecular formula is C25H29N7O2S. The zero-order valence-corrected chi connectivity index (χ0v) is 21.0. The van der Waals surface area contributed by atoms with Gasteiger partial charge in [-0.2, -0.15) is 18.6 Å². The molecule has 0 aliphatic carbocycles. The van der Waals surface area contributed by atoms with Gasteiger partial charge in [-0.25, -0.2) is 19.6 Å². The highest BCUT2D eigenvalue weighted by Crippen LogP contribution is 2.28. The van der Waals surface area contributed by atoms with Gasteiger partial charge in [-0.1, -0.05) is 25.1 Å². The van der Waals surface area contributed by atoms with E-state index in [1.807, 2.05) is 47.4 Å². The first kappa shape index (κ1) is 24.5. The highest BCUT2D eigenvalue weighted by atomic mass is 32.1. The Kier molecular flexibility index (Phi) is 7.20. The number of fused-ring (bicyclic) bond motifs is 1. The van der Waals surface area contributed by atoms with Gasteiger partial charge >= 0.3 is 0 Å². The topological polar surface area (TPSA) is 98.1 Å². The van der Waals surface area contributed by atoms with Crippen LogP contribution in [0.1, 0.15) is 31.4 Å². The summed E-state index contributed by atoms with van der Waals surface area (Å²) in [5.74, 6) is 1.97. The zero-order chi connectivity index (χ0) is 23.7. The molecule has 5 rings (SSSR count). The normalized spacial score (nSPS) is 14.2. The maximum absolute atomic E-state index is 11.5. The van der Waals surface area contributed by atoms with Gasteiger partial charge in [0, 0.05) is 55.7 Å². The quantitative estimate of drug-likeness (QED) is 0.422. The maximum Gasteiger partial charge on any atom is 0.219 e. The largest absolute Gasteiger partial charge is 0.496 e. The number of aromatic nitrogens is 5. The summed E-state index contributed by atoms with van der Waals surface area (Å²) in [6, 6.07) is 12.2. The number of likely N-dealkylation sites (tertiary alicyclic amines) is 1. The van der Waals surface area contributed by atoms with Crippen molar-refractivity contribution >= 4 is 36.3 Å². The fraction of sp³-hybridized carbons (Fsp3) is 0.320. The molecule has 0 saturated carbocycles. The Bertz CT molecular complexity index is 1340. The predicted molar refractivity (Wildman–Crippen MR) is 140 cm³/mol. The van der Waals surface area contributed by atoms with E-state index in [2.05, 4.69) is 38.4 Å². The SMILES string of the molecule is COc1ccccc1[C@H](C)CNc1cc(-c2cnc3c(cnn3C3CN(C(C)=O)C3)c2)ncn1.S. The number of benzene rings is 1. The summed E-state index contributed by atoms with van der Waals surface area (Å²) in [5, 5.41) is 8.87. The van der Waals surface area contributed by atoms with Crippen LogP contribution in [0.4, 0.5) is 5.82 Å². The lowest BCUT2D eigenvalue weighted by atomic mass is 10.00. The van der Waals surface area contributed by atoms with E-state index in [0.29, 0.717) is 19.6 Å². The molecule has 1 amide bonds. The standard InChI is InChI=1S/C25H27N7O2.H2S/c1-16(21-6-4-5-7-23(21)34-3)10-26-24-9-22(28-15-29-24)18-8-19-12-30-32(25(19)27-11-18)20-13-31(14-20)17(2)33;/h4-9,11-12,15-16,20H,10,13-14H2,1-3H3,(H,26,28,29);1H2/t16-;/m1./s1. The van der Waals surface area contributed by atoms with Crippen LogP contribution in [0.25, 0.3) is 22.3 Å². The number of hydrogen-bond acceptors (Lipinski definition) is 7. The Hall–Kier alpha value is -3.66. The smallest absolute Gasteiger partial charge is 0.219 e. The van der Waals surface area contributed by atoms with Gasteiger partial charge in [0.1, 0.15) is 17.9 Å². The predicted octanol–water partition coefficient (Wildman–Crippen LogP) is 3.63. The van der Waals surface area contributed by atoms with E-state index in [9.17, 15) is 4.79 Å². The number of ether oxygens (including phenoxy) is 1. The molecule has 0 bridgehead atoms. The number of amides is 1. The van der Waals surface area contributed by atoms with Crippen molar-refractivity contribution in [2.45, 2.75) is 25.8 Å². The third-order valence-electron chi connectivity index (χ3n) is 6.31. The number of rotatable bonds is 7. The third kappa shape index (κ3) is 4.93. The molecule has 182 valence electrons. The maximum atomic E-state index is 11.5. The summed E-state index contributed by atoms with van der Waals surface area (Å²) < 4.78 is 7.40. The molecular weight excluding hydrogens is 462 g/mol. The first-order chi connectivity index (χ1) is 16.5.